The predicted octanol–water partition coefficient (Wildman–Crippen LogP) is 2.50. The van der Waals surface area contributed by atoms with Crippen LogP contribution in [0.15, 0.2) is 0 Å². The molecule has 15 heavy (non-hydrogen) atoms. The van der Waals surface area contributed by atoms with E-state index in [1.165, 1.54) is 37.0 Å². The highest BCUT2D eigenvalue weighted by atomic mass is 32.1. The van der Waals surface area contributed by atoms with Gasteiger partial charge in [-0.05, 0) is 19.8 Å². The molecule has 2 N–H and O–H groups in total. The Labute approximate surface area is 92.3 Å². The van der Waals surface area contributed by atoms with Crippen LogP contribution in [0.5, 0.6) is 0 Å². The van der Waals surface area contributed by atoms with Gasteiger partial charge in [0.1, 0.15) is 0 Å². The molecule has 5 heteroatoms. The quantitative estimate of drug-likeness (QED) is 0.831. The molecule has 0 spiro atoms. The Morgan fingerprint density at radius 3 is 2.73 bits per heavy atom. The Bertz CT molecular complexity index is 369. The van der Waals surface area contributed by atoms with E-state index >= 15 is 0 Å². The summed E-state index contributed by atoms with van der Waals surface area (Å²) < 4.78 is 0. The number of carbonyl (C=O) groups is 1. The molecule has 0 saturated heterocycles. The third-order valence-corrected chi connectivity index (χ3v) is 3.58. The Hall–Kier alpha value is -1.10. The SMILES string of the molecule is Cc1sc(NC2CCCC2)nc1C(=O)O. The lowest BCUT2D eigenvalue weighted by Crippen LogP contribution is -2.14. The minimum absolute atomic E-state index is 0.181. The summed E-state index contributed by atoms with van der Waals surface area (Å²) in [4.78, 5) is 15.6. The van der Waals surface area contributed by atoms with Gasteiger partial charge >= 0.3 is 5.97 Å². The van der Waals surface area contributed by atoms with Crippen LogP contribution >= 0.6 is 11.3 Å². The normalized spacial score (nSPS) is 16.9. The number of rotatable bonds is 3. The largest absolute Gasteiger partial charge is 0.476 e. The van der Waals surface area contributed by atoms with E-state index in [1.54, 1.807) is 6.92 Å². The molecule has 0 aliphatic heterocycles. The van der Waals surface area contributed by atoms with Crippen LogP contribution in [0.3, 0.4) is 0 Å². The predicted molar refractivity (Wildman–Crippen MR) is 59.7 cm³/mol. The molecule has 1 aromatic rings. The number of nitrogens with one attached hydrogen (secondary N) is 1. The second kappa shape index (κ2) is 4.18. The number of hydrogen-bond donors (Lipinski definition) is 2. The Morgan fingerprint density at radius 2 is 2.20 bits per heavy atom. The standard InChI is InChI=1S/C10H14N2O2S/c1-6-8(9(13)14)12-10(15-6)11-7-4-2-3-5-7/h7H,2-5H2,1H3,(H,11,12)(H,13,14). The summed E-state index contributed by atoms with van der Waals surface area (Å²) in [6, 6.07) is 0.484. The lowest BCUT2D eigenvalue weighted by molar-refractivity contribution is 0.0690. The first-order valence-corrected chi connectivity index (χ1v) is 5.95. The van der Waals surface area contributed by atoms with Crippen molar-refractivity contribution in [2.45, 2.75) is 38.6 Å². The van der Waals surface area contributed by atoms with Crippen molar-refractivity contribution in [3.05, 3.63) is 10.6 Å². The average Bonchev–Trinajstić information content (AvgIpc) is 2.75. The lowest BCUT2D eigenvalue weighted by Gasteiger charge is -2.09. The Morgan fingerprint density at radius 1 is 1.53 bits per heavy atom. The summed E-state index contributed by atoms with van der Waals surface area (Å²) in [6.07, 6.45) is 4.85. The summed E-state index contributed by atoms with van der Waals surface area (Å²) >= 11 is 1.43. The Balaban J connectivity index is 2.08. The number of thiazole rings is 1. The number of aromatic nitrogens is 1. The molecule has 1 heterocycles. The average molecular weight is 226 g/mol. The minimum atomic E-state index is -0.941. The molecule has 82 valence electrons. The minimum Gasteiger partial charge on any atom is -0.476 e. The van der Waals surface area contributed by atoms with E-state index in [4.69, 9.17) is 5.11 Å². The smallest absolute Gasteiger partial charge is 0.355 e. The zero-order chi connectivity index (χ0) is 10.8. The summed E-state index contributed by atoms with van der Waals surface area (Å²) in [5.74, 6) is -0.941. The number of nitrogens with zero attached hydrogens (tertiary/aromatic N) is 1. The fourth-order valence-electron chi connectivity index (χ4n) is 1.90. The molecule has 1 aliphatic carbocycles. The van der Waals surface area contributed by atoms with E-state index in [2.05, 4.69) is 10.3 Å². The molecule has 0 aromatic carbocycles. The van der Waals surface area contributed by atoms with E-state index in [9.17, 15) is 4.79 Å². The molecular weight excluding hydrogens is 212 g/mol. The van der Waals surface area contributed by atoms with Crippen LogP contribution in [-0.2, 0) is 0 Å². The van der Waals surface area contributed by atoms with Crippen LogP contribution in [0, 0.1) is 6.92 Å². The number of aryl methyl sites for hydroxylation is 1. The summed E-state index contributed by atoms with van der Waals surface area (Å²) in [5.41, 5.74) is 0.181. The molecule has 1 aliphatic rings. The zero-order valence-corrected chi connectivity index (χ0v) is 9.43. The highest BCUT2D eigenvalue weighted by Gasteiger charge is 2.18. The first-order chi connectivity index (χ1) is 7.16. The molecule has 0 amide bonds. The lowest BCUT2D eigenvalue weighted by atomic mass is 10.3. The van der Waals surface area contributed by atoms with Crippen molar-refractivity contribution in [3.8, 4) is 0 Å². The molecule has 1 saturated carbocycles. The molecular formula is C10H14N2O2S. The van der Waals surface area contributed by atoms with Crippen LogP contribution in [0.2, 0.25) is 0 Å². The Kier molecular flexibility index (Phi) is 2.90. The van der Waals surface area contributed by atoms with Gasteiger partial charge in [0.15, 0.2) is 10.8 Å². The van der Waals surface area contributed by atoms with Gasteiger partial charge in [0.05, 0.1) is 0 Å². The van der Waals surface area contributed by atoms with Gasteiger partial charge in [0.2, 0.25) is 0 Å². The highest BCUT2D eigenvalue weighted by Crippen LogP contribution is 2.26. The maximum absolute atomic E-state index is 10.8. The van der Waals surface area contributed by atoms with E-state index in [0.29, 0.717) is 6.04 Å². The van der Waals surface area contributed by atoms with E-state index in [1.807, 2.05) is 0 Å². The first-order valence-electron chi connectivity index (χ1n) is 5.14. The van der Waals surface area contributed by atoms with Gasteiger partial charge in [-0.2, -0.15) is 0 Å². The van der Waals surface area contributed by atoms with E-state index in [-0.39, 0.29) is 5.69 Å². The molecule has 0 bridgehead atoms. The maximum Gasteiger partial charge on any atom is 0.355 e. The monoisotopic (exact) mass is 226 g/mol. The van der Waals surface area contributed by atoms with Gasteiger partial charge in [0, 0.05) is 10.9 Å². The van der Waals surface area contributed by atoms with Crippen molar-refractivity contribution in [1.29, 1.82) is 0 Å². The van der Waals surface area contributed by atoms with Crippen LogP contribution < -0.4 is 5.32 Å². The fraction of sp³-hybridized carbons (Fsp3) is 0.600. The van der Waals surface area contributed by atoms with Crippen LogP contribution in [0.25, 0.3) is 0 Å². The van der Waals surface area contributed by atoms with E-state index < -0.39 is 5.97 Å². The molecule has 0 atom stereocenters. The van der Waals surface area contributed by atoms with Gasteiger partial charge < -0.3 is 10.4 Å². The number of carboxylic acid groups (broad SMARTS) is 1. The van der Waals surface area contributed by atoms with Gasteiger partial charge in [-0.1, -0.05) is 12.8 Å². The maximum atomic E-state index is 10.8. The van der Waals surface area contributed by atoms with Crippen LogP contribution in [0.4, 0.5) is 5.13 Å². The first kappa shape index (κ1) is 10.4. The third kappa shape index (κ3) is 2.28. The third-order valence-electron chi connectivity index (χ3n) is 2.68. The van der Waals surface area contributed by atoms with Crippen LogP contribution in [-0.4, -0.2) is 22.1 Å². The topological polar surface area (TPSA) is 62.2 Å². The molecule has 0 radical (unpaired) electrons. The number of hydrogen-bond acceptors (Lipinski definition) is 4. The number of aromatic carboxylic acids is 1. The second-order valence-electron chi connectivity index (χ2n) is 3.85. The summed E-state index contributed by atoms with van der Waals surface area (Å²) in [5, 5.41) is 12.9. The van der Waals surface area contributed by atoms with Crippen molar-refractivity contribution in [2.75, 3.05) is 5.32 Å². The molecule has 4 nitrogen and oxygen atoms in total. The number of anilines is 1. The van der Waals surface area contributed by atoms with Gasteiger partial charge in [-0.3, -0.25) is 0 Å². The van der Waals surface area contributed by atoms with Crippen LogP contribution in [0.1, 0.15) is 41.0 Å². The zero-order valence-electron chi connectivity index (χ0n) is 8.62. The van der Waals surface area contributed by atoms with Gasteiger partial charge in [0.25, 0.3) is 0 Å². The summed E-state index contributed by atoms with van der Waals surface area (Å²) in [7, 11) is 0. The molecule has 0 unspecified atom stereocenters. The van der Waals surface area contributed by atoms with Crippen molar-refractivity contribution >= 4 is 22.4 Å². The van der Waals surface area contributed by atoms with Crippen molar-refractivity contribution in [1.82, 2.24) is 4.98 Å². The van der Waals surface area contributed by atoms with Gasteiger partial charge in [-0.15, -0.1) is 11.3 Å². The molecule has 1 aromatic heterocycles. The molecule has 2 rings (SSSR count). The van der Waals surface area contributed by atoms with Crippen molar-refractivity contribution in [3.63, 3.8) is 0 Å². The number of carboxylic acids is 1. The van der Waals surface area contributed by atoms with E-state index in [0.717, 1.165) is 10.0 Å². The highest BCUT2D eigenvalue weighted by molar-refractivity contribution is 7.15. The van der Waals surface area contributed by atoms with Crippen molar-refractivity contribution in [2.24, 2.45) is 0 Å². The molecule has 1 fully saturated rings. The summed E-state index contributed by atoms with van der Waals surface area (Å²) in [6.45, 7) is 1.79. The van der Waals surface area contributed by atoms with Crippen molar-refractivity contribution < 1.29 is 9.90 Å². The van der Waals surface area contributed by atoms with Gasteiger partial charge in [-0.25, -0.2) is 9.78 Å². The second-order valence-corrected chi connectivity index (χ2v) is 5.06. The fourth-order valence-corrected chi connectivity index (χ4v) is 2.78.